The molecule has 9 nitrogen and oxygen atoms in total. The van der Waals surface area contributed by atoms with Crippen molar-refractivity contribution >= 4 is 23.0 Å². The van der Waals surface area contributed by atoms with Crippen molar-refractivity contribution in [3.8, 4) is 23.0 Å². The molecular weight excluding hydrogens is 669 g/mol. The number of hydrogen-bond acceptors (Lipinski definition) is 8. The molecule has 2 N–H and O–H groups in total. The Kier molecular flexibility index (Phi) is 11.3. The maximum atomic E-state index is 13.0. The van der Waals surface area contributed by atoms with Crippen LogP contribution in [0.3, 0.4) is 0 Å². The van der Waals surface area contributed by atoms with Gasteiger partial charge in [0, 0.05) is 5.56 Å². The van der Waals surface area contributed by atoms with Gasteiger partial charge in [-0.15, -0.1) is 0 Å². The second-order valence-corrected chi connectivity index (χ2v) is 12.6. The van der Waals surface area contributed by atoms with Gasteiger partial charge in [-0.1, -0.05) is 72.8 Å². The fraction of sp³-hybridized carbons (Fsp3) is 0.0732. The van der Waals surface area contributed by atoms with Gasteiger partial charge >= 0.3 is 11.9 Å². The summed E-state index contributed by atoms with van der Waals surface area (Å²) in [4.78, 5) is 29.7. The molecule has 0 bridgehead atoms. The second kappa shape index (κ2) is 16.6. The summed E-state index contributed by atoms with van der Waals surface area (Å²) >= 11 is -1.89. The number of aromatic carboxylic acids is 1. The molecule has 0 spiro atoms. The minimum atomic E-state index is -1.89. The van der Waals surface area contributed by atoms with Gasteiger partial charge in [0.2, 0.25) is 11.1 Å². The molecule has 0 aliphatic rings. The largest absolute Gasteiger partial charge is 0.478 e. The zero-order valence-electron chi connectivity index (χ0n) is 27.1. The van der Waals surface area contributed by atoms with E-state index < -0.39 is 23.0 Å². The first kappa shape index (κ1) is 34.8. The van der Waals surface area contributed by atoms with E-state index in [0.29, 0.717) is 40.5 Å². The predicted octanol–water partition coefficient (Wildman–Crippen LogP) is 8.67. The van der Waals surface area contributed by atoms with E-state index in [1.54, 1.807) is 30.3 Å². The fourth-order valence-electron chi connectivity index (χ4n) is 5.35. The highest BCUT2D eigenvalue weighted by Gasteiger charge is 2.20. The molecule has 0 saturated carbocycles. The van der Waals surface area contributed by atoms with Crippen LogP contribution in [0.25, 0.3) is 0 Å². The van der Waals surface area contributed by atoms with Crippen LogP contribution in [-0.4, -0.2) is 26.5 Å². The van der Waals surface area contributed by atoms with Crippen LogP contribution < -0.4 is 13.7 Å². The van der Waals surface area contributed by atoms with E-state index in [0.717, 1.165) is 22.3 Å². The Hall–Kier alpha value is -6.07. The minimum absolute atomic E-state index is 0.0538. The lowest BCUT2D eigenvalue weighted by Crippen LogP contribution is -2.14. The van der Waals surface area contributed by atoms with E-state index in [9.17, 15) is 18.9 Å². The lowest BCUT2D eigenvalue weighted by atomic mass is 9.99. The van der Waals surface area contributed by atoms with Crippen molar-refractivity contribution in [1.82, 2.24) is 0 Å². The third-order valence-electron chi connectivity index (χ3n) is 7.83. The zero-order chi connectivity index (χ0) is 35.6. The molecule has 51 heavy (non-hydrogen) atoms. The molecule has 0 radical (unpaired) electrons. The van der Waals surface area contributed by atoms with Crippen LogP contribution in [0.15, 0.2) is 150 Å². The SMILES string of the molecule is O=C(O)c1cc(Cc2ccccc2)ccc1C(=O)Oc1ccc(S(=O)Oc2ccc(Oc3ccc(Cc4ccccc4)cc3COO)cc2)cc1. The van der Waals surface area contributed by atoms with Crippen LogP contribution in [0.5, 0.6) is 23.0 Å². The van der Waals surface area contributed by atoms with Crippen LogP contribution in [0.4, 0.5) is 0 Å². The van der Waals surface area contributed by atoms with Crippen LogP contribution in [-0.2, 0) is 35.4 Å². The van der Waals surface area contributed by atoms with Crippen molar-refractivity contribution in [1.29, 1.82) is 0 Å². The van der Waals surface area contributed by atoms with Gasteiger partial charge in [-0.25, -0.2) is 18.7 Å². The summed E-state index contributed by atoms with van der Waals surface area (Å²) in [5.74, 6) is -0.598. The van der Waals surface area contributed by atoms with Crippen LogP contribution in [0.1, 0.15) is 48.5 Å². The number of carboxylic acids is 1. The minimum Gasteiger partial charge on any atom is -0.478 e. The lowest BCUT2D eigenvalue weighted by Gasteiger charge is -2.13. The van der Waals surface area contributed by atoms with Crippen molar-refractivity contribution in [3.63, 3.8) is 0 Å². The van der Waals surface area contributed by atoms with Crippen LogP contribution in [0, 0.1) is 0 Å². The maximum absolute atomic E-state index is 13.0. The smallest absolute Gasteiger partial charge is 0.344 e. The van der Waals surface area contributed by atoms with E-state index in [4.69, 9.17) is 18.9 Å². The first-order valence-electron chi connectivity index (χ1n) is 15.9. The fourth-order valence-corrected chi connectivity index (χ4v) is 6.09. The molecule has 6 rings (SSSR count). The molecule has 10 heteroatoms. The Balaban J connectivity index is 1.05. The Bertz CT molecular complexity index is 2130. The molecule has 256 valence electrons. The third-order valence-corrected chi connectivity index (χ3v) is 8.83. The molecule has 0 aliphatic carbocycles. The van der Waals surface area contributed by atoms with E-state index in [2.05, 4.69) is 4.89 Å². The van der Waals surface area contributed by atoms with Gasteiger partial charge in [-0.05, 0) is 108 Å². The van der Waals surface area contributed by atoms with Crippen molar-refractivity contribution in [2.75, 3.05) is 0 Å². The number of hydrogen-bond donors (Lipinski definition) is 2. The van der Waals surface area contributed by atoms with Crippen LogP contribution in [0.2, 0.25) is 0 Å². The molecule has 6 aromatic rings. The normalized spacial score (nSPS) is 11.4. The number of carboxylic acid groups (broad SMARTS) is 1. The van der Waals surface area contributed by atoms with E-state index in [1.807, 2.05) is 78.9 Å². The molecule has 0 fully saturated rings. The predicted molar refractivity (Wildman–Crippen MR) is 191 cm³/mol. The highest BCUT2D eigenvalue weighted by molar-refractivity contribution is 7.80. The van der Waals surface area contributed by atoms with Crippen molar-refractivity contribution in [2.24, 2.45) is 0 Å². The summed E-state index contributed by atoms with van der Waals surface area (Å²) in [7, 11) is 0. The van der Waals surface area contributed by atoms with Gasteiger partial charge in [0.05, 0.1) is 16.0 Å². The molecule has 1 atom stereocenters. The second-order valence-electron chi connectivity index (χ2n) is 11.5. The number of carbonyl (C=O) groups excluding carboxylic acids is 1. The molecule has 0 amide bonds. The molecule has 0 aliphatic heterocycles. The van der Waals surface area contributed by atoms with Crippen molar-refractivity contribution in [3.05, 3.63) is 185 Å². The summed E-state index contributed by atoms with van der Waals surface area (Å²) in [6.45, 7) is -0.0538. The first-order valence-corrected chi connectivity index (χ1v) is 16.9. The average molecular weight is 701 g/mol. The molecule has 1 unspecified atom stereocenters. The van der Waals surface area contributed by atoms with Gasteiger partial charge in [0.25, 0.3) is 0 Å². The number of benzene rings is 6. The molecular formula is C41H32O9S. The third kappa shape index (κ3) is 9.34. The summed E-state index contributed by atoms with van der Waals surface area (Å²) < 4.78 is 30.1. The van der Waals surface area contributed by atoms with Crippen molar-refractivity contribution in [2.45, 2.75) is 24.3 Å². The zero-order valence-corrected chi connectivity index (χ0v) is 28.0. The summed E-state index contributed by atoms with van der Waals surface area (Å²) in [6, 6.07) is 42.4. The lowest BCUT2D eigenvalue weighted by molar-refractivity contribution is -0.253. The quantitative estimate of drug-likeness (QED) is 0.0496. The summed E-state index contributed by atoms with van der Waals surface area (Å²) in [5, 5.41) is 18.9. The number of rotatable bonds is 14. The number of ether oxygens (including phenoxy) is 2. The summed E-state index contributed by atoms with van der Waals surface area (Å²) in [5.41, 5.74) is 4.37. The van der Waals surface area contributed by atoms with E-state index in [1.165, 1.54) is 36.4 Å². The Morgan fingerprint density at radius 3 is 1.76 bits per heavy atom. The monoisotopic (exact) mass is 700 g/mol. The maximum Gasteiger partial charge on any atom is 0.344 e. The molecule has 0 saturated heterocycles. The Morgan fingerprint density at radius 2 is 1.16 bits per heavy atom. The highest BCUT2D eigenvalue weighted by Crippen LogP contribution is 2.30. The van der Waals surface area contributed by atoms with Crippen molar-refractivity contribution < 1.29 is 42.7 Å². The number of carbonyl (C=O) groups is 2. The number of esters is 1. The molecule has 0 aromatic heterocycles. The van der Waals surface area contributed by atoms with Crippen LogP contribution >= 0.6 is 0 Å². The van der Waals surface area contributed by atoms with Gasteiger partial charge in [-0.3, -0.25) is 5.26 Å². The van der Waals surface area contributed by atoms with Gasteiger partial charge in [0.15, 0.2) is 0 Å². The van der Waals surface area contributed by atoms with Gasteiger partial charge in [0.1, 0.15) is 29.6 Å². The Labute approximate surface area is 296 Å². The van der Waals surface area contributed by atoms with E-state index >= 15 is 0 Å². The standard InChI is InChI=1S/C41H32O9S/c42-40(43)38-26-31(24-29-9-5-2-6-10-29)11-21-37(38)41(44)49-34-17-19-36(20-18-34)51(46)50-35-15-13-33(14-16-35)48-39-22-12-30(25-32(39)27-47-45)23-28-7-3-1-4-8-28/h1-22,25-26,45H,23-24,27H2,(H,42,43). The topological polar surface area (TPSA) is 129 Å². The Morgan fingerprint density at radius 1 is 0.588 bits per heavy atom. The average Bonchev–Trinajstić information content (AvgIpc) is 3.14. The van der Waals surface area contributed by atoms with E-state index in [-0.39, 0.29) is 23.5 Å². The first-order chi connectivity index (χ1) is 24.8. The molecule has 0 heterocycles. The summed E-state index contributed by atoms with van der Waals surface area (Å²) in [6.07, 6.45) is 1.23. The van der Waals surface area contributed by atoms with Gasteiger partial charge in [-0.2, -0.15) is 0 Å². The molecule has 6 aromatic carbocycles. The van der Waals surface area contributed by atoms with Gasteiger partial charge < -0.3 is 18.8 Å². The highest BCUT2D eigenvalue weighted by atomic mass is 32.2.